The van der Waals surface area contributed by atoms with Gasteiger partial charge in [0.1, 0.15) is 10.8 Å². The third-order valence-corrected chi connectivity index (χ3v) is 2.76. The SMILES string of the molecule is CC1C=CC(c2nc(N)cs2)=NC1. The van der Waals surface area contributed by atoms with Gasteiger partial charge in [0.05, 0.1) is 5.71 Å². The Morgan fingerprint density at radius 2 is 2.46 bits per heavy atom. The van der Waals surface area contributed by atoms with E-state index in [1.54, 1.807) is 0 Å². The maximum atomic E-state index is 5.53. The van der Waals surface area contributed by atoms with Crippen molar-refractivity contribution >= 4 is 22.9 Å². The molecule has 2 heterocycles. The van der Waals surface area contributed by atoms with Crippen molar-refractivity contribution in [3.63, 3.8) is 0 Å². The molecule has 0 bridgehead atoms. The largest absolute Gasteiger partial charge is 0.383 e. The van der Waals surface area contributed by atoms with Crippen molar-refractivity contribution in [1.29, 1.82) is 0 Å². The number of aliphatic imine (C=N–C) groups is 1. The monoisotopic (exact) mass is 193 g/mol. The van der Waals surface area contributed by atoms with Crippen LogP contribution in [0.5, 0.6) is 0 Å². The van der Waals surface area contributed by atoms with Gasteiger partial charge in [0.2, 0.25) is 0 Å². The van der Waals surface area contributed by atoms with E-state index in [0.717, 1.165) is 17.3 Å². The highest BCUT2D eigenvalue weighted by Gasteiger charge is 2.09. The standard InChI is InChI=1S/C9H11N3S/c1-6-2-3-7(11-4-6)9-12-8(10)5-13-9/h2-3,5-6H,4,10H2,1H3. The van der Waals surface area contributed by atoms with E-state index in [4.69, 9.17) is 5.73 Å². The van der Waals surface area contributed by atoms with Gasteiger partial charge in [0, 0.05) is 11.9 Å². The number of allylic oxidation sites excluding steroid dienone is 1. The lowest BCUT2D eigenvalue weighted by Crippen LogP contribution is -2.08. The Morgan fingerprint density at radius 1 is 1.62 bits per heavy atom. The molecule has 2 N–H and O–H groups in total. The van der Waals surface area contributed by atoms with Crippen LogP contribution in [0, 0.1) is 5.92 Å². The number of nitrogens with two attached hydrogens (primary N) is 1. The Kier molecular flexibility index (Phi) is 2.14. The van der Waals surface area contributed by atoms with Crippen LogP contribution in [0.2, 0.25) is 0 Å². The van der Waals surface area contributed by atoms with Gasteiger partial charge < -0.3 is 5.73 Å². The van der Waals surface area contributed by atoms with Gasteiger partial charge in [-0.1, -0.05) is 13.0 Å². The molecule has 1 atom stereocenters. The minimum Gasteiger partial charge on any atom is -0.383 e. The molecular weight excluding hydrogens is 182 g/mol. The number of aromatic nitrogens is 1. The number of thiazole rings is 1. The minimum absolute atomic E-state index is 0.543. The number of anilines is 1. The van der Waals surface area contributed by atoms with E-state index in [-0.39, 0.29) is 0 Å². The minimum atomic E-state index is 0.543. The Hall–Kier alpha value is -1.16. The molecule has 1 aromatic heterocycles. The van der Waals surface area contributed by atoms with Crippen LogP contribution >= 0.6 is 11.3 Å². The molecule has 0 fully saturated rings. The first-order chi connectivity index (χ1) is 6.25. The topological polar surface area (TPSA) is 51.3 Å². The maximum Gasteiger partial charge on any atom is 0.143 e. The van der Waals surface area contributed by atoms with E-state index in [9.17, 15) is 0 Å². The molecule has 3 nitrogen and oxygen atoms in total. The molecule has 1 aromatic rings. The van der Waals surface area contributed by atoms with Crippen molar-refractivity contribution in [2.45, 2.75) is 6.92 Å². The summed E-state index contributed by atoms with van der Waals surface area (Å²) in [6, 6.07) is 0. The highest BCUT2D eigenvalue weighted by Crippen LogP contribution is 2.16. The molecule has 2 rings (SSSR count). The number of hydrogen-bond acceptors (Lipinski definition) is 4. The van der Waals surface area contributed by atoms with Gasteiger partial charge in [-0.3, -0.25) is 4.99 Å². The third kappa shape index (κ3) is 1.78. The summed E-state index contributed by atoms with van der Waals surface area (Å²) in [4.78, 5) is 8.59. The van der Waals surface area contributed by atoms with Crippen molar-refractivity contribution in [1.82, 2.24) is 4.98 Å². The zero-order valence-corrected chi connectivity index (χ0v) is 8.21. The van der Waals surface area contributed by atoms with Crippen LogP contribution in [0.3, 0.4) is 0 Å². The molecule has 68 valence electrons. The summed E-state index contributed by atoms with van der Waals surface area (Å²) in [5.41, 5.74) is 6.49. The van der Waals surface area contributed by atoms with Gasteiger partial charge >= 0.3 is 0 Å². The van der Waals surface area contributed by atoms with E-state index in [0.29, 0.717) is 11.7 Å². The first-order valence-electron chi connectivity index (χ1n) is 4.20. The number of nitrogen functional groups attached to an aromatic ring is 1. The van der Waals surface area contributed by atoms with E-state index < -0.39 is 0 Å². The molecule has 1 unspecified atom stereocenters. The average molecular weight is 193 g/mol. The highest BCUT2D eigenvalue weighted by atomic mass is 32.1. The number of hydrogen-bond donors (Lipinski definition) is 1. The third-order valence-electron chi connectivity index (χ3n) is 1.87. The Balaban J connectivity index is 2.24. The second kappa shape index (κ2) is 3.30. The van der Waals surface area contributed by atoms with E-state index in [1.165, 1.54) is 11.3 Å². The zero-order valence-electron chi connectivity index (χ0n) is 7.40. The predicted molar refractivity (Wildman–Crippen MR) is 56.2 cm³/mol. The van der Waals surface area contributed by atoms with Crippen molar-refractivity contribution in [2.24, 2.45) is 10.9 Å². The van der Waals surface area contributed by atoms with Crippen molar-refractivity contribution in [2.75, 3.05) is 12.3 Å². The second-order valence-corrected chi connectivity index (χ2v) is 4.00. The zero-order chi connectivity index (χ0) is 9.26. The molecule has 0 spiro atoms. The van der Waals surface area contributed by atoms with Crippen LogP contribution in [-0.4, -0.2) is 17.2 Å². The lowest BCUT2D eigenvalue weighted by molar-refractivity contribution is 0.734. The molecule has 0 radical (unpaired) electrons. The van der Waals surface area contributed by atoms with Gasteiger partial charge in [-0.25, -0.2) is 4.98 Å². The fraction of sp³-hybridized carbons (Fsp3) is 0.333. The van der Waals surface area contributed by atoms with E-state index >= 15 is 0 Å². The number of nitrogens with zero attached hydrogens (tertiary/aromatic N) is 2. The normalized spacial score (nSPS) is 21.6. The molecule has 0 aliphatic carbocycles. The number of rotatable bonds is 1. The summed E-state index contributed by atoms with van der Waals surface area (Å²) in [7, 11) is 0. The lowest BCUT2D eigenvalue weighted by Gasteiger charge is -2.08. The molecular formula is C9H11N3S. The Morgan fingerprint density at radius 3 is 3.00 bits per heavy atom. The van der Waals surface area contributed by atoms with Crippen LogP contribution < -0.4 is 5.73 Å². The molecule has 0 amide bonds. The van der Waals surface area contributed by atoms with Gasteiger partial charge in [0.25, 0.3) is 0 Å². The van der Waals surface area contributed by atoms with Gasteiger partial charge in [0.15, 0.2) is 0 Å². The maximum absolute atomic E-state index is 5.53. The van der Waals surface area contributed by atoms with Crippen molar-refractivity contribution in [3.8, 4) is 0 Å². The molecule has 1 aliphatic rings. The Bertz CT molecular complexity index is 365. The highest BCUT2D eigenvalue weighted by molar-refractivity contribution is 7.12. The second-order valence-electron chi connectivity index (χ2n) is 3.14. The first-order valence-corrected chi connectivity index (χ1v) is 5.07. The van der Waals surface area contributed by atoms with Crippen LogP contribution in [-0.2, 0) is 0 Å². The van der Waals surface area contributed by atoms with Crippen LogP contribution in [0.1, 0.15) is 11.9 Å². The first kappa shape index (κ1) is 8.44. The van der Waals surface area contributed by atoms with Gasteiger partial charge in [-0.2, -0.15) is 0 Å². The number of dihydropyridines is 1. The lowest BCUT2D eigenvalue weighted by atomic mass is 10.1. The summed E-state index contributed by atoms with van der Waals surface area (Å²) in [6.45, 7) is 3.00. The van der Waals surface area contributed by atoms with Crippen molar-refractivity contribution in [3.05, 3.63) is 22.5 Å². The fourth-order valence-electron chi connectivity index (χ4n) is 1.15. The van der Waals surface area contributed by atoms with Crippen LogP contribution in [0.15, 0.2) is 22.5 Å². The summed E-state index contributed by atoms with van der Waals surface area (Å²) in [5, 5.41) is 2.75. The molecule has 13 heavy (non-hydrogen) atoms. The van der Waals surface area contributed by atoms with Crippen LogP contribution in [0.25, 0.3) is 0 Å². The Labute approximate surface area is 81.0 Å². The molecule has 0 aromatic carbocycles. The summed E-state index contributed by atoms with van der Waals surface area (Å²) in [6.07, 6.45) is 4.17. The predicted octanol–water partition coefficient (Wildman–Crippen LogP) is 1.72. The molecule has 0 saturated carbocycles. The van der Waals surface area contributed by atoms with Crippen molar-refractivity contribution < 1.29 is 0 Å². The summed E-state index contributed by atoms with van der Waals surface area (Å²) in [5.74, 6) is 1.12. The molecule has 4 heteroatoms. The van der Waals surface area contributed by atoms with Gasteiger partial charge in [-0.05, 0) is 12.0 Å². The molecule has 1 aliphatic heterocycles. The summed E-state index contributed by atoms with van der Waals surface area (Å²) < 4.78 is 0. The van der Waals surface area contributed by atoms with E-state index in [2.05, 4.69) is 23.0 Å². The van der Waals surface area contributed by atoms with Gasteiger partial charge in [-0.15, -0.1) is 11.3 Å². The van der Waals surface area contributed by atoms with E-state index in [1.807, 2.05) is 11.5 Å². The molecule has 0 saturated heterocycles. The quantitative estimate of drug-likeness (QED) is 0.738. The van der Waals surface area contributed by atoms with Crippen LogP contribution in [0.4, 0.5) is 5.82 Å². The summed E-state index contributed by atoms with van der Waals surface area (Å²) >= 11 is 1.54. The smallest absolute Gasteiger partial charge is 0.143 e. The average Bonchev–Trinajstić information content (AvgIpc) is 2.53. The fourth-order valence-corrected chi connectivity index (χ4v) is 1.85.